The molecule has 1 N–H and O–H groups in total. The van der Waals surface area contributed by atoms with Gasteiger partial charge in [-0.3, -0.25) is 4.68 Å². The van der Waals surface area contributed by atoms with Crippen LogP contribution >= 0.6 is 0 Å². The van der Waals surface area contributed by atoms with Crippen molar-refractivity contribution in [2.24, 2.45) is 11.8 Å². The monoisotopic (exact) mass is 485 g/mol. The Morgan fingerprint density at radius 2 is 2.00 bits per heavy atom. The first kappa shape index (κ1) is 22.7. The molecule has 9 heteroatoms. The van der Waals surface area contributed by atoms with Crippen LogP contribution in [0.2, 0.25) is 0 Å². The second kappa shape index (κ2) is 9.70. The Balaban J connectivity index is 1.38. The second-order valence-electron chi connectivity index (χ2n) is 9.89. The van der Waals surface area contributed by atoms with E-state index in [1.807, 2.05) is 23.1 Å². The maximum absolute atomic E-state index is 14.6. The zero-order chi connectivity index (χ0) is 24.5. The fourth-order valence-corrected chi connectivity index (χ4v) is 5.52. The predicted molar refractivity (Wildman–Crippen MR) is 133 cm³/mol. The number of nitriles is 1. The highest BCUT2D eigenvalue weighted by Gasteiger charge is 2.23. The lowest BCUT2D eigenvalue weighted by Gasteiger charge is -2.10. The molecule has 0 spiro atoms. The summed E-state index contributed by atoms with van der Waals surface area (Å²) in [7, 11) is 0. The Labute approximate surface area is 208 Å². The van der Waals surface area contributed by atoms with Crippen molar-refractivity contribution in [3.63, 3.8) is 0 Å². The minimum Gasteiger partial charge on any atom is -0.435 e. The van der Waals surface area contributed by atoms with Gasteiger partial charge < -0.3 is 14.6 Å². The van der Waals surface area contributed by atoms with Crippen molar-refractivity contribution in [3.8, 4) is 28.8 Å². The molecule has 36 heavy (non-hydrogen) atoms. The van der Waals surface area contributed by atoms with Crippen LogP contribution in [0.25, 0.3) is 22.2 Å². The molecule has 0 radical (unpaired) electrons. The fourth-order valence-electron chi connectivity index (χ4n) is 5.52. The summed E-state index contributed by atoms with van der Waals surface area (Å²) in [5, 5.41) is 17.8. The van der Waals surface area contributed by atoms with Crippen molar-refractivity contribution in [1.82, 2.24) is 29.6 Å². The van der Waals surface area contributed by atoms with Crippen LogP contribution < -0.4 is 10.1 Å². The zero-order valence-corrected chi connectivity index (χ0v) is 20.0. The van der Waals surface area contributed by atoms with Gasteiger partial charge in [0.15, 0.2) is 5.75 Å². The number of ether oxygens (including phenoxy) is 1. The molecule has 1 saturated carbocycles. The van der Waals surface area contributed by atoms with Gasteiger partial charge >= 0.3 is 0 Å². The van der Waals surface area contributed by atoms with Crippen molar-refractivity contribution in [2.75, 3.05) is 13.1 Å². The third-order valence-corrected chi connectivity index (χ3v) is 7.38. The Kier molecular flexibility index (Phi) is 6.11. The lowest BCUT2D eigenvalue weighted by molar-refractivity contribution is 0.425. The van der Waals surface area contributed by atoms with E-state index in [0.717, 1.165) is 49.2 Å². The standard InChI is InChI=1S/C27H28FN7O/c28-24-9-20(5-6-21(24)10-29)23-16-34(13-19-7-8-30-11-19)26-25(23)27(32-17-31-26)36-22-12-33-35(15-22)14-18-3-1-2-4-18/h5-6,9,12,15-19,30H,1-4,7-8,11,13-14H2. The highest BCUT2D eigenvalue weighted by molar-refractivity contribution is 5.97. The molecule has 184 valence electrons. The van der Waals surface area contributed by atoms with E-state index in [2.05, 4.69) is 25.0 Å². The summed E-state index contributed by atoms with van der Waals surface area (Å²) in [6, 6.07) is 6.55. The average molecular weight is 486 g/mol. The molecule has 4 aromatic rings. The summed E-state index contributed by atoms with van der Waals surface area (Å²) in [6.45, 7) is 3.64. The highest BCUT2D eigenvalue weighted by atomic mass is 19.1. The van der Waals surface area contributed by atoms with E-state index in [-0.39, 0.29) is 5.56 Å². The maximum Gasteiger partial charge on any atom is 0.232 e. The molecule has 1 atom stereocenters. The number of benzene rings is 1. The third kappa shape index (κ3) is 4.44. The Morgan fingerprint density at radius 1 is 1.11 bits per heavy atom. The molecule has 1 unspecified atom stereocenters. The van der Waals surface area contributed by atoms with Gasteiger partial charge in [0.1, 0.15) is 23.9 Å². The number of nitrogens with one attached hydrogen (secondary N) is 1. The quantitative estimate of drug-likeness (QED) is 0.400. The molecule has 6 rings (SSSR count). The number of aromatic nitrogens is 5. The van der Waals surface area contributed by atoms with Gasteiger partial charge in [0.05, 0.1) is 23.3 Å². The van der Waals surface area contributed by atoms with Crippen LogP contribution in [0.3, 0.4) is 0 Å². The van der Waals surface area contributed by atoms with Gasteiger partial charge in [-0.15, -0.1) is 0 Å². The molecule has 1 aliphatic heterocycles. The SMILES string of the molecule is N#Cc1ccc(-c2cn(CC3CCNC3)c3ncnc(Oc4cnn(CC5CCCC5)c4)c23)cc1F. The predicted octanol–water partition coefficient (Wildman–Crippen LogP) is 4.90. The van der Waals surface area contributed by atoms with E-state index in [9.17, 15) is 4.39 Å². The Morgan fingerprint density at radius 3 is 2.78 bits per heavy atom. The summed E-state index contributed by atoms with van der Waals surface area (Å²) in [5.74, 6) is 1.62. The molecule has 1 saturated heterocycles. The number of hydrogen-bond donors (Lipinski definition) is 1. The fraction of sp³-hybridized carbons (Fsp3) is 0.407. The molecule has 0 bridgehead atoms. The largest absolute Gasteiger partial charge is 0.435 e. The first-order valence-electron chi connectivity index (χ1n) is 12.6. The van der Waals surface area contributed by atoms with Crippen molar-refractivity contribution < 1.29 is 9.13 Å². The van der Waals surface area contributed by atoms with Crippen LogP contribution in [0, 0.1) is 29.0 Å². The van der Waals surface area contributed by atoms with Gasteiger partial charge in [-0.2, -0.15) is 10.4 Å². The second-order valence-corrected chi connectivity index (χ2v) is 9.89. The molecular weight excluding hydrogens is 457 g/mol. The van der Waals surface area contributed by atoms with Crippen molar-refractivity contribution >= 4 is 11.0 Å². The van der Waals surface area contributed by atoms with Crippen LogP contribution in [0.4, 0.5) is 4.39 Å². The van der Waals surface area contributed by atoms with Gasteiger partial charge in [0, 0.05) is 24.8 Å². The van der Waals surface area contributed by atoms with Crippen LogP contribution in [-0.2, 0) is 13.1 Å². The summed E-state index contributed by atoms with van der Waals surface area (Å²) >= 11 is 0. The molecule has 8 nitrogen and oxygen atoms in total. The smallest absolute Gasteiger partial charge is 0.232 e. The van der Waals surface area contributed by atoms with Crippen LogP contribution in [0.5, 0.6) is 11.6 Å². The minimum absolute atomic E-state index is 0.0157. The first-order valence-corrected chi connectivity index (χ1v) is 12.6. The normalized spacial score (nSPS) is 18.2. The maximum atomic E-state index is 14.6. The summed E-state index contributed by atoms with van der Waals surface area (Å²) in [4.78, 5) is 9.05. The lowest BCUT2D eigenvalue weighted by Crippen LogP contribution is -2.14. The van der Waals surface area contributed by atoms with Gasteiger partial charge in [-0.25, -0.2) is 14.4 Å². The summed E-state index contributed by atoms with van der Waals surface area (Å²) in [5.41, 5.74) is 2.18. The molecule has 3 aromatic heterocycles. The van der Waals surface area contributed by atoms with Crippen molar-refractivity contribution in [1.29, 1.82) is 5.26 Å². The van der Waals surface area contributed by atoms with E-state index >= 15 is 0 Å². The van der Waals surface area contributed by atoms with Gasteiger partial charge in [0.25, 0.3) is 0 Å². The van der Waals surface area contributed by atoms with E-state index in [0.29, 0.717) is 29.0 Å². The average Bonchev–Trinajstić information content (AvgIpc) is 3.69. The minimum atomic E-state index is -0.552. The molecule has 4 heterocycles. The number of nitrogens with zero attached hydrogens (tertiary/aromatic N) is 6. The molecule has 2 fully saturated rings. The van der Waals surface area contributed by atoms with E-state index in [1.165, 1.54) is 44.1 Å². The van der Waals surface area contributed by atoms with E-state index < -0.39 is 5.82 Å². The third-order valence-electron chi connectivity index (χ3n) is 7.38. The molecule has 2 aliphatic rings. The summed E-state index contributed by atoms with van der Waals surface area (Å²) in [6.07, 6.45) is 13.3. The Bertz CT molecular complexity index is 1420. The topological polar surface area (TPSA) is 93.6 Å². The molecule has 1 aromatic carbocycles. The number of hydrogen-bond acceptors (Lipinski definition) is 6. The number of halogens is 1. The van der Waals surface area contributed by atoms with E-state index in [4.69, 9.17) is 10.00 Å². The molecule has 0 amide bonds. The summed E-state index contributed by atoms with van der Waals surface area (Å²) < 4.78 is 24.9. The molecule has 1 aliphatic carbocycles. The zero-order valence-electron chi connectivity index (χ0n) is 20.0. The van der Waals surface area contributed by atoms with Crippen molar-refractivity contribution in [3.05, 3.63) is 54.5 Å². The van der Waals surface area contributed by atoms with Gasteiger partial charge in [-0.05, 0) is 61.9 Å². The van der Waals surface area contributed by atoms with Gasteiger partial charge in [0.2, 0.25) is 5.88 Å². The van der Waals surface area contributed by atoms with Crippen LogP contribution in [0.15, 0.2) is 43.1 Å². The van der Waals surface area contributed by atoms with Crippen LogP contribution in [-0.4, -0.2) is 37.4 Å². The highest BCUT2D eigenvalue weighted by Crippen LogP contribution is 2.38. The Hall–Kier alpha value is -3.77. The lowest BCUT2D eigenvalue weighted by atomic mass is 10.0. The van der Waals surface area contributed by atoms with Crippen LogP contribution in [0.1, 0.15) is 37.7 Å². The number of rotatable bonds is 7. The first-order chi connectivity index (χ1) is 17.7. The van der Waals surface area contributed by atoms with E-state index in [1.54, 1.807) is 12.3 Å². The number of fused-ring (bicyclic) bond motifs is 1. The van der Waals surface area contributed by atoms with Crippen molar-refractivity contribution in [2.45, 2.75) is 45.2 Å². The van der Waals surface area contributed by atoms with Gasteiger partial charge in [-0.1, -0.05) is 18.9 Å². The molecular formula is C27H28FN7O.